The number of carbonyl (C=O) groups is 1. The third-order valence-electron chi connectivity index (χ3n) is 3.21. The Morgan fingerprint density at radius 1 is 1.18 bits per heavy atom. The van der Waals surface area contributed by atoms with E-state index in [0.29, 0.717) is 22.2 Å². The normalized spacial score (nSPS) is 10.1. The highest BCUT2D eigenvalue weighted by Gasteiger charge is 2.13. The van der Waals surface area contributed by atoms with Crippen molar-refractivity contribution in [1.82, 2.24) is 9.97 Å². The van der Waals surface area contributed by atoms with Crippen molar-refractivity contribution in [2.24, 2.45) is 0 Å². The highest BCUT2D eigenvalue weighted by molar-refractivity contribution is 6.68. The van der Waals surface area contributed by atoms with Crippen LogP contribution in [0.15, 0.2) is 48.8 Å². The first kappa shape index (κ1) is 16.2. The zero-order chi connectivity index (χ0) is 14.8. The minimum atomic E-state index is -0.515. The summed E-state index contributed by atoms with van der Waals surface area (Å²) in [6, 6.07) is 10.8. The molecule has 0 amide bonds. The van der Waals surface area contributed by atoms with Gasteiger partial charge < -0.3 is 4.74 Å². The van der Waals surface area contributed by atoms with E-state index in [1.807, 2.05) is 24.3 Å². The average Bonchev–Trinajstić information content (AvgIpc) is 2.54. The van der Waals surface area contributed by atoms with Crippen LogP contribution < -0.4 is 4.74 Å². The summed E-state index contributed by atoms with van der Waals surface area (Å²) in [5, 5.41) is 0.153. The average molecular weight is 335 g/mol. The van der Waals surface area contributed by atoms with Gasteiger partial charge in [-0.2, -0.15) is 0 Å². The van der Waals surface area contributed by atoms with Gasteiger partial charge in [-0.15, -0.1) is 12.4 Å². The number of hydrogen-bond acceptors (Lipinski definition) is 4. The van der Waals surface area contributed by atoms with Crippen molar-refractivity contribution in [3.8, 4) is 17.0 Å². The second-order valence-corrected chi connectivity index (χ2v) is 4.77. The first-order valence-corrected chi connectivity index (χ1v) is 6.66. The maximum absolute atomic E-state index is 11.5. The second-order valence-electron chi connectivity index (χ2n) is 4.42. The van der Waals surface area contributed by atoms with Crippen molar-refractivity contribution in [3.05, 3.63) is 54.4 Å². The number of carbonyl (C=O) groups excluding carboxylic acids is 1. The first-order chi connectivity index (χ1) is 10.2. The van der Waals surface area contributed by atoms with Gasteiger partial charge in [0.25, 0.3) is 5.24 Å². The second kappa shape index (κ2) is 6.73. The number of methoxy groups -OCH3 is 1. The Hall–Kier alpha value is -2.17. The van der Waals surface area contributed by atoms with E-state index in [1.165, 1.54) is 0 Å². The zero-order valence-electron chi connectivity index (χ0n) is 11.6. The van der Waals surface area contributed by atoms with E-state index in [9.17, 15) is 4.79 Å². The van der Waals surface area contributed by atoms with Gasteiger partial charge in [-0.1, -0.05) is 0 Å². The van der Waals surface area contributed by atoms with Crippen molar-refractivity contribution in [3.63, 3.8) is 0 Å². The van der Waals surface area contributed by atoms with Crippen LogP contribution in [-0.4, -0.2) is 22.3 Å². The van der Waals surface area contributed by atoms with Crippen molar-refractivity contribution in [2.75, 3.05) is 7.11 Å². The van der Waals surface area contributed by atoms with Gasteiger partial charge in [0.05, 0.1) is 12.8 Å². The third kappa shape index (κ3) is 2.89. The lowest BCUT2D eigenvalue weighted by Crippen LogP contribution is -1.96. The Bertz CT molecular complexity index is 823. The van der Waals surface area contributed by atoms with Crippen molar-refractivity contribution in [1.29, 1.82) is 0 Å². The van der Waals surface area contributed by atoms with Gasteiger partial charge in [0.15, 0.2) is 0 Å². The number of halogens is 2. The predicted octanol–water partition coefficient (Wildman–Crippen LogP) is 4.11. The van der Waals surface area contributed by atoms with Crippen LogP contribution in [0.25, 0.3) is 22.2 Å². The molecule has 3 aromatic rings. The molecule has 0 saturated carbocycles. The van der Waals surface area contributed by atoms with Crippen LogP contribution in [-0.2, 0) is 0 Å². The summed E-state index contributed by atoms with van der Waals surface area (Å²) in [7, 11) is 1.56. The number of pyridine rings is 2. The zero-order valence-corrected chi connectivity index (χ0v) is 13.2. The molecule has 0 N–H and O–H groups in total. The Labute approximate surface area is 138 Å². The Morgan fingerprint density at radius 2 is 2.00 bits per heavy atom. The molecule has 0 spiro atoms. The van der Waals surface area contributed by atoms with E-state index < -0.39 is 5.24 Å². The van der Waals surface area contributed by atoms with E-state index in [-0.39, 0.29) is 12.4 Å². The number of benzene rings is 1. The van der Waals surface area contributed by atoms with E-state index in [0.717, 1.165) is 11.3 Å². The molecule has 0 fully saturated rings. The van der Waals surface area contributed by atoms with Crippen molar-refractivity contribution < 1.29 is 9.53 Å². The number of aromatic nitrogens is 2. The maximum atomic E-state index is 11.5. The summed E-state index contributed by atoms with van der Waals surface area (Å²) in [5.74, 6) is 0.595. The summed E-state index contributed by atoms with van der Waals surface area (Å²) in [6.07, 6.45) is 3.44. The molecule has 0 bridgehead atoms. The molecule has 112 valence electrons. The van der Waals surface area contributed by atoms with Crippen LogP contribution in [0.1, 0.15) is 10.4 Å². The summed E-state index contributed by atoms with van der Waals surface area (Å²) >= 11 is 5.62. The lowest BCUT2D eigenvalue weighted by molar-refractivity contribution is 0.108. The highest BCUT2D eigenvalue weighted by atomic mass is 35.5. The monoisotopic (exact) mass is 334 g/mol. The molecule has 2 heterocycles. The molecule has 0 saturated heterocycles. The molecule has 6 heteroatoms. The highest BCUT2D eigenvalue weighted by Crippen LogP contribution is 2.30. The lowest BCUT2D eigenvalue weighted by Gasteiger charge is -2.09. The van der Waals surface area contributed by atoms with Crippen LogP contribution in [0.4, 0.5) is 0 Å². The molecule has 2 aromatic heterocycles. The minimum Gasteiger partial charge on any atom is -0.494 e. The van der Waals surface area contributed by atoms with Gasteiger partial charge >= 0.3 is 0 Å². The first-order valence-electron chi connectivity index (χ1n) is 6.28. The van der Waals surface area contributed by atoms with Gasteiger partial charge in [-0.05, 0) is 48.0 Å². The molecule has 0 radical (unpaired) electrons. The molecule has 3 rings (SSSR count). The van der Waals surface area contributed by atoms with Crippen LogP contribution in [0, 0.1) is 0 Å². The SMILES string of the molecule is COc1ccc(C(=O)Cl)c2ccc(-c3cccnc3)nc12.Cl. The quantitative estimate of drug-likeness (QED) is 0.676. The molecule has 4 nitrogen and oxygen atoms in total. The van der Waals surface area contributed by atoms with Gasteiger partial charge in [-0.25, -0.2) is 4.98 Å². The molecule has 22 heavy (non-hydrogen) atoms. The fourth-order valence-corrected chi connectivity index (χ4v) is 2.37. The molecular formula is C16H12Cl2N2O2. The van der Waals surface area contributed by atoms with E-state index in [4.69, 9.17) is 16.3 Å². The topological polar surface area (TPSA) is 52.1 Å². The van der Waals surface area contributed by atoms with Crippen LogP contribution in [0.5, 0.6) is 5.75 Å². The number of nitrogens with zero attached hydrogens (tertiary/aromatic N) is 2. The third-order valence-corrected chi connectivity index (χ3v) is 3.41. The van der Waals surface area contributed by atoms with Gasteiger partial charge in [0.1, 0.15) is 11.3 Å². The largest absolute Gasteiger partial charge is 0.494 e. The molecular weight excluding hydrogens is 323 g/mol. The van der Waals surface area contributed by atoms with Crippen LogP contribution >= 0.6 is 24.0 Å². The van der Waals surface area contributed by atoms with Crippen LogP contribution in [0.2, 0.25) is 0 Å². The van der Waals surface area contributed by atoms with E-state index >= 15 is 0 Å². The van der Waals surface area contributed by atoms with Crippen molar-refractivity contribution in [2.45, 2.75) is 0 Å². The summed E-state index contributed by atoms with van der Waals surface area (Å²) in [6.45, 7) is 0. The molecule has 0 unspecified atom stereocenters. The van der Waals surface area contributed by atoms with E-state index in [1.54, 1.807) is 31.6 Å². The Kier molecular flexibility index (Phi) is 4.96. The van der Waals surface area contributed by atoms with Gasteiger partial charge in [0.2, 0.25) is 0 Å². The molecule has 0 atom stereocenters. The number of ether oxygens (including phenoxy) is 1. The van der Waals surface area contributed by atoms with Gasteiger partial charge in [-0.3, -0.25) is 9.78 Å². The molecule has 0 aliphatic rings. The molecule has 0 aliphatic heterocycles. The lowest BCUT2D eigenvalue weighted by atomic mass is 10.1. The fourth-order valence-electron chi connectivity index (χ4n) is 2.20. The Balaban J connectivity index is 0.00000176. The molecule has 1 aromatic carbocycles. The molecule has 0 aliphatic carbocycles. The number of rotatable bonds is 3. The fraction of sp³-hybridized carbons (Fsp3) is 0.0625. The maximum Gasteiger partial charge on any atom is 0.253 e. The van der Waals surface area contributed by atoms with Gasteiger partial charge in [0, 0.05) is 28.9 Å². The summed E-state index contributed by atoms with van der Waals surface area (Å²) < 4.78 is 5.32. The smallest absolute Gasteiger partial charge is 0.253 e. The summed E-state index contributed by atoms with van der Waals surface area (Å²) in [5.41, 5.74) is 2.67. The summed E-state index contributed by atoms with van der Waals surface area (Å²) in [4.78, 5) is 20.2. The standard InChI is InChI=1S/C16H11ClN2O2.ClH/c1-21-14-7-5-12(16(17)20)11-4-6-13(19-15(11)14)10-3-2-8-18-9-10;/h2-9H,1H3;1H. The predicted molar refractivity (Wildman–Crippen MR) is 89.0 cm³/mol. The van der Waals surface area contributed by atoms with E-state index in [2.05, 4.69) is 9.97 Å². The number of hydrogen-bond donors (Lipinski definition) is 0. The number of fused-ring (bicyclic) bond motifs is 1. The minimum absolute atomic E-state index is 0. The Morgan fingerprint density at radius 3 is 2.64 bits per heavy atom. The van der Waals surface area contributed by atoms with Crippen LogP contribution in [0.3, 0.4) is 0 Å². The van der Waals surface area contributed by atoms with Crippen molar-refractivity contribution >= 4 is 40.2 Å².